The Morgan fingerprint density at radius 1 is 1.12 bits per heavy atom. The average molecular weight is 413 g/mol. The van der Waals surface area contributed by atoms with E-state index in [0.29, 0.717) is 17.0 Å². The molecule has 144 valence electrons. The zero-order valence-electron chi connectivity index (χ0n) is 16.4. The van der Waals surface area contributed by atoms with Crippen molar-refractivity contribution >= 4 is 21.7 Å². The molecular formula is C22H37BrO2. The van der Waals surface area contributed by atoms with E-state index in [0.717, 1.165) is 42.6 Å². The van der Waals surface area contributed by atoms with E-state index in [-0.39, 0.29) is 5.41 Å². The van der Waals surface area contributed by atoms with Crippen LogP contribution < -0.4 is 0 Å². The minimum absolute atomic E-state index is 0.280. The maximum absolute atomic E-state index is 12.5. The minimum Gasteiger partial charge on any atom is -0.385 e. The summed E-state index contributed by atoms with van der Waals surface area (Å²) >= 11 is 3.44. The molecule has 3 heteroatoms. The largest absolute Gasteiger partial charge is 0.385 e. The van der Waals surface area contributed by atoms with Gasteiger partial charge in [0.05, 0.1) is 5.33 Å². The van der Waals surface area contributed by atoms with Gasteiger partial charge < -0.3 is 4.74 Å². The Kier molecular flexibility index (Phi) is 6.69. The normalized spacial score (nSPS) is 43.5. The first-order valence-corrected chi connectivity index (χ1v) is 11.8. The molecule has 0 radical (unpaired) electrons. The second-order valence-corrected chi connectivity index (χ2v) is 9.84. The lowest BCUT2D eigenvalue weighted by molar-refractivity contribution is -0.127. The van der Waals surface area contributed by atoms with Crippen molar-refractivity contribution < 1.29 is 9.53 Å². The molecule has 2 nitrogen and oxygen atoms in total. The van der Waals surface area contributed by atoms with Gasteiger partial charge in [-0.1, -0.05) is 42.6 Å². The highest BCUT2D eigenvalue weighted by atomic mass is 79.9. The number of Topliss-reactive ketones (excluding diaryl/α,β-unsaturated/α-hetero) is 1. The van der Waals surface area contributed by atoms with Gasteiger partial charge in [0, 0.05) is 19.6 Å². The molecule has 0 amide bonds. The molecule has 0 spiro atoms. The first-order valence-electron chi connectivity index (χ1n) is 10.6. The summed E-state index contributed by atoms with van der Waals surface area (Å²) in [4.78, 5) is 12.5. The van der Waals surface area contributed by atoms with Gasteiger partial charge in [0.2, 0.25) is 0 Å². The van der Waals surface area contributed by atoms with Crippen molar-refractivity contribution in [3.05, 3.63) is 0 Å². The third-order valence-corrected chi connectivity index (χ3v) is 8.91. The van der Waals surface area contributed by atoms with Crippen LogP contribution in [0.3, 0.4) is 0 Å². The van der Waals surface area contributed by atoms with Gasteiger partial charge in [0.15, 0.2) is 0 Å². The molecule has 3 saturated carbocycles. The first-order chi connectivity index (χ1) is 12.1. The molecule has 3 aliphatic carbocycles. The lowest BCUT2D eigenvalue weighted by atomic mass is 9.50. The van der Waals surface area contributed by atoms with Crippen LogP contribution in [0.15, 0.2) is 0 Å². The fourth-order valence-electron chi connectivity index (χ4n) is 7.27. The third-order valence-electron chi connectivity index (χ3n) is 8.35. The summed E-state index contributed by atoms with van der Waals surface area (Å²) in [5, 5.41) is 0.547. The Morgan fingerprint density at radius 3 is 2.60 bits per heavy atom. The number of carbonyl (C=O) groups is 1. The standard InChI is InChI=1S/C22H37BrO2/c1-4-5-16-15(11-13-25-3)6-7-18-17(16)10-12-22(2)19(18)8-9-20(22)21(24)14-23/h15-20H,4-14H2,1-3H3. The van der Waals surface area contributed by atoms with Crippen molar-refractivity contribution in [2.75, 3.05) is 19.0 Å². The summed E-state index contributed by atoms with van der Waals surface area (Å²) in [7, 11) is 1.84. The second kappa shape index (κ2) is 8.42. The molecule has 0 aliphatic heterocycles. The van der Waals surface area contributed by atoms with Crippen LogP contribution in [0.1, 0.15) is 71.6 Å². The summed E-state index contributed by atoms with van der Waals surface area (Å²) in [6, 6.07) is 0. The number of alkyl halides is 1. The molecule has 7 atom stereocenters. The van der Waals surface area contributed by atoms with Gasteiger partial charge in [-0.3, -0.25) is 4.79 Å². The number of ketones is 1. The highest BCUT2D eigenvalue weighted by Gasteiger charge is 2.57. The predicted octanol–water partition coefficient (Wildman–Crippen LogP) is 5.87. The van der Waals surface area contributed by atoms with Crippen LogP contribution in [0.4, 0.5) is 0 Å². The molecule has 7 unspecified atom stereocenters. The van der Waals surface area contributed by atoms with E-state index in [4.69, 9.17) is 4.74 Å². The number of carbonyl (C=O) groups excluding carboxylic acids is 1. The summed E-state index contributed by atoms with van der Waals surface area (Å²) in [6.07, 6.45) is 11.8. The topological polar surface area (TPSA) is 26.3 Å². The van der Waals surface area contributed by atoms with E-state index in [1.54, 1.807) is 0 Å². The predicted molar refractivity (Wildman–Crippen MR) is 107 cm³/mol. The first kappa shape index (κ1) is 19.9. The Morgan fingerprint density at radius 2 is 1.92 bits per heavy atom. The van der Waals surface area contributed by atoms with Gasteiger partial charge in [-0.05, 0) is 80.0 Å². The number of halogens is 1. The highest BCUT2D eigenvalue weighted by molar-refractivity contribution is 9.09. The Hall–Kier alpha value is 0.110. The number of rotatable bonds is 7. The molecule has 0 N–H and O–H groups in total. The van der Waals surface area contributed by atoms with Crippen LogP contribution in [-0.2, 0) is 9.53 Å². The summed E-state index contributed by atoms with van der Waals surface area (Å²) in [5.74, 6) is 5.12. The number of hydrogen-bond donors (Lipinski definition) is 0. The SMILES string of the molecule is CCCC1C(CCOC)CCC2C1CCC1(C)C(C(=O)CBr)CCC21. The van der Waals surface area contributed by atoms with Crippen LogP contribution in [0.2, 0.25) is 0 Å². The molecule has 25 heavy (non-hydrogen) atoms. The summed E-state index contributed by atoms with van der Waals surface area (Å²) in [5.41, 5.74) is 0.280. The molecule has 3 fully saturated rings. The van der Waals surface area contributed by atoms with Gasteiger partial charge in [-0.25, -0.2) is 0 Å². The zero-order chi connectivity index (χ0) is 18.0. The Labute approximate surface area is 163 Å². The van der Waals surface area contributed by atoms with Crippen LogP contribution in [-0.4, -0.2) is 24.8 Å². The number of fused-ring (bicyclic) bond motifs is 3. The van der Waals surface area contributed by atoms with Crippen LogP contribution in [0, 0.1) is 40.9 Å². The zero-order valence-corrected chi connectivity index (χ0v) is 18.0. The molecule has 0 aromatic heterocycles. The Balaban J connectivity index is 1.77. The molecule has 0 saturated heterocycles. The third kappa shape index (κ3) is 3.61. The smallest absolute Gasteiger partial charge is 0.147 e. The summed E-state index contributed by atoms with van der Waals surface area (Å²) < 4.78 is 5.40. The monoisotopic (exact) mass is 412 g/mol. The van der Waals surface area contributed by atoms with Crippen LogP contribution >= 0.6 is 15.9 Å². The lowest BCUT2D eigenvalue weighted by Crippen LogP contribution is -2.48. The fraction of sp³-hybridized carbons (Fsp3) is 0.955. The van der Waals surface area contributed by atoms with Crippen LogP contribution in [0.5, 0.6) is 0 Å². The van der Waals surface area contributed by atoms with E-state index in [1.807, 2.05) is 7.11 Å². The van der Waals surface area contributed by atoms with E-state index in [1.165, 1.54) is 51.4 Å². The van der Waals surface area contributed by atoms with Gasteiger partial charge >= 0.3 is 0 Å². The molecule has 0 aromatic carbocycles. The van der Waals surface area contributed by atoms with Gasteiger partial charge in [0.1, 0.15) is 5.78 Å². The van der Waals surface area contributed by atoms with E-state index < -0.39 is 0 Å². The minimum atomic E-state index is 0.280. The number of methoxy groups -OCH3 is 1. The maximum Gasteiger partial charge on any atom is 0.147 e. The van der Waals surface area contributed by atoms with Crippen molar-refractivity contribution in [3.63, 3.8) is 0 Å². The van der Waals surface area contributed by atoms with Crippen LogP contribution in [0.25, 0.3) is 0 Å². The lowest BCUT2D eigenvalue weighted by Gasteiger charge is -2.54. The van der Waals surface area contributed by atoms with Gasteiger partial charge in [-0.15, -0.1) is 0 Å². The van der Waals surface area contributed by atoms with E-state index >= 15 is 0 Å². The number of ether oxygens (including phenoxy) is 1. The Bertz CT molecular complexity index is 465. The molecular weight excluding hydrogens is 376 g/mol. The van der Waals surface area contributed by atoms with Crippen molar-refractivity contribution in [1.82, 2.24) is 0 Å². The highest BCUT2D eigenvalue weighted by Crippen LogP contribution is 2.63. The quantitative estimate of drug-likeness (QED) is 0.488. The molecule has 0 aromatic rings. The molecule has 0 bridgehead atoms. The molecule has 3 aliphatic rings. The number of hydrogen-bond acceptors (Lipinski definition) is 2. The van der Waals surface area contributed by atoms with Crippen molar-refractivity contribution in [3.8, 4) is 0 Å². The molecule has 3 rings (SSSR count). The van der Waals surface area contributed by atoms with Crippen molar-refractivity contribution in [1.29, 1.82) is 0 Å². The van der Waals surface area contributed by atoms with Crippen molar-refractivity contribution in [2.24, 2.45) is 40.9 Å². The maximum atomic E-state index is 12.5. The summed E-state index contributed by atoms with van der Waals surface area (Å²) in [6.45, 7) is 5.73. The fourth-order valence-corrected chi connectivity index (χ4v) is 7.66. The molecule has 0 heterocycles. The van der Waals surface area contributed by atoms with E-state index in [9.17, 15) is 4.79 Å². The average Bonchev–Trinajstić information content (AvgIpc) is 2.97. The second-order valence-electron chi connectivity index (χ2n) is 9.28. The van der Waals surface area contributed by atoms with Crippen molar-refractivity contribution in [2.45, 2.75) is 71.6 Å². The van der Waals surface area contributed by atoms with Gasteiger partial charge in [-0.2, -0.15) is 0 Å². The van der Waals surface area contributed by atoms with E-state index in [2.05, 4.69) is 29.8 Å². The van der Waals surface area contributed by atoms with Gasteiger partial charge in [0.25, 0.3) is 0 Å².